The van der Waals surface area contributed by atoms with E-state index in [2.05, 4.69) is 10.4 Å². The lowest BCUT2D eigenvalue weighted by Crippen LogP contribution is -2.46. The third-order valence-electron chi connectivity index (χ3n) is 6.11. The number of phenols is 1. The van der Waals surface area contributed by atoms with Crippen molar-refractivity contribution in [3.63, 3.8) is 0 Å². The molecule has 0 unspecified atom stereocenters. The molecule has 2 aromatic carbocycles. The van der Waals surface area contributed by atoms with E-state index in [1.807, 2.05) is 0 Å². The minimum Gasteiger partial charge on any atom is -0.507 e. The van der Waals surface area contributed by atoms with Crippen molar-refractivity contribution in [2.24, 2.45) is 5.10 Å². The number of piperazine rings is 1. The molecule has 0 aliphatic carbocycles. The summed E-state index contributed by atoms with van der Waals surface area (Å²) >= 11 is 0. The molecule has 37 heavy (non-hydrogen) atoms. The number of anilines is 1. The summed E-state index contributed by atoms with van der Waals surface area (Å²) in [5.74, 6) is -0.870. The number of amides is 3. The van der Waals surface area contributed by atoms with Crippen LogP contribution in [0.3, 0.4) is 0 Å². The highest BCUT2D eigenvalue weighted by atomic mass is 19.1. The van der Waals surface area contributed by atoms with Gasteiger partial charge in [0.05, 0.1) is 45.2 Å². The molecule has 2 aliphatic heterocycles. The van der Waals surface area contributed by atoms with Crippen LogP contribution in [0.15, 0.2) is 41.5 Å². The van der Waals surface area contributed by atoms with Gasteiger partial charge in [-0.1, -0.05) is 6.07 Å². The number of carbonyl (C=O) groups is 3. The van der Waals surface area contributed by atoms with Gasteiger partial charge in [0.15, 0.2) is 0 Å². The van der Waals surface area contributed by atoms with Crippen LogP contribution in [0.25, 0.3) is 11.1 Å². The van der Waals surface area contributed by atoms with Crippen LogP contribution in [0, 0.1) is 5.82 Å². The second-order valence-corrected chi connectivity index (χ2v) is 8.65. The molecule has 2 fully saturated rings. The number of rotatable bonds is 6. The molecule has 196 valence electrons. The summed E-state index contributed by atoms with van der Waals surface area (Å²) in [4.78, 5) is 37.8. The van der Waals surface area contributed by atoms with Crippen LogP contribution in [0.5, 0.6) is 5.75 Å². The maximum atomic E-state index is 15.0. The van der Waals surface area contributed by atoms with E-state index in [9.17, 15) is 19.5 Å². The van der Waals surface area contributed by atoms with Gasteiger partial charge in [0, 0.05) is 31.1 Å². The van der Waals surface area contributed by atoms with Crippen LogP contribution in [0.1, 0.15) is 12.5 Å². The van der Waals surface area contributed by atoms with Gasteiger partial charge < -0.3 is 24.8 Å². The average Bonchev–Trinajstić information content (AvgIpc) is 3.27. The number of methoxy groups -OCH3 is 1. The first-order chi connectivity index (χ1) is 17.7. The highest BCUT2D eigenvalue weighted by molar-refractivity contribution is 5.90. The first-order valence-corrected chi connectivity index (χ1v) is 11.7. The SMILES string of the molecule is COC(=O)N1CCN(/N=C/c2ccc(-c3ccc(N4C[C@H](CNC(C)=O)OC4=O)cc3F)cc2O)CC1. The van der Waals surface area contributed by atoms with Crippen LogP contribution in [0.2, 0.25) is 0 Å². The Labute approximate surface area is 213 Å². The number of aromatic hydroxyl groups is 1. The van der Waals surface area contributed by atoms with Crippen molar-refractivity contribution < 1.29 is 33.4 Å². The van der Waals surface area contributed by atoms with Crippen LogP contribution >= 0.6 is 0 Å². The van der Waals surface area contributed by atoms with E-state index in [-0.39, 0.29) is 36.4 Å². The maximum Gasteiger partial charge on any atom is 0.414 e. The molecule has 0 spiro atoms. The number of benzene rings is 2. The number of ether oxygens (including phenoxy) is 2. The topological polar surface area (TPSA) is 124 Å². The molecule has 2 aliphatic rings. The van der Waals surface area contributed by atoms with Crippen LogP contribution in [-0.2, 0) is 14.3 Å². The summed E-state index contributed by atoms with van der Waals surface area (Å²) in [5, 5.41) is 19.3. The van der Waals surface area contributed by atoms with Crippen molar-refractivity contribution in [1.82, 2.24) is 15.2 Å². The quantitative estimate of drug-likeness (QED) is 0.569. The molecule has 2 aromatic rings. The zero-order valence-corrected chi connectivity index (χ0v) is 20.5. The molecule has 0 saturated carbocycles. The van der Waals surface area contributed by atoms with Gasteiger partial charge in [-0.25, -0.2) is 14.0 Å². The normalized spacial score (nSPS) is 17.8. The predicted molar refractivity (Wildman–Crippen MR) is 133 cm³/mol. The number of nitrogens with zero attached hydrogens (tertiary/aromatic N) is 4. The Balaban J connectivity index is 1.41. The lowest BCUT2D eigenvalue weighted by Gasteiger charge is -2.31. The maximum absolute atomic E-state index is 15.0. The Bertz CT molecular complexity index is 1210. The fraction of sp³-hybridized carbons (Fsp3) is 0.360. The fourth-order valence-electron chi connectivity index (χ4n) is 4.09. The molecule has 0 bridgehead atoms. The van der Waals surface area contributed by atoms with E-state index < -0.39 is 18.0 Å². The Morgan fingerprint density at radius 1 is 1.22 bits per heavy atom. The smallest absolute Gasteiger partial charge is 0.414 e. The molecule has 2 saturated heterocycles. The second-order valence-electron chi connectivity index (χ2n) is 8.65. The largest absolute Gasteiger partial charge is 0.507 e. The summed E-state index contributed by atoms with van der Waals surface area (Å²) < 4.78 is 25.0. The van der Waals surface area contributed by atoms with E-state index >= 15 is 4.39 Å². The predicted octanol–water partition coefficient (Wildman–Crippen LogP) is 2.38. The van der Waals surface area contributed by atoms with Gasteiger partial charge in [-0.15, -0.1) is 0 Å². The summed E-state index contributed by atoms with van der Waals surface area (Å²) in [6.07, 6.45) is 0.00379. The molecular weight excluding hydrogens is 485 g/mol. The molecule has 0 aromatic heterocycles. The zero-order chi connectivity index (χ0) is 26.5. The first kappa shape index (κ1) is 25.7. The van der Waals surface area contributed by atoms with Crippen molar-refractivity contribution in [3.8, 4) is 16.9 Å². The highest BCUT2D eigenvalue weighted by Gasteiger charge is 2.32. The number of nitrogens with one attached hydrogen (secondary N) is 1. The Kier molecular flexibility index (Phi) is 7.75. The molecule has 0 radical (unpaired) electrons. The molecule has 2 N–H and O–H groups in total. The van der Waals surface area contributed by atoms with Crippen LogP contribution < -0.4 is 10.2 Å². The number of hydrogen-bond donors (Lipinski definition) is 2. The van der Waals surface area contributed by atoms with Gasteiger partial charge in [0.25, 0.3) is 0 Å². The van der Waals surface area contributed by atoms with Gasteiger partial charge in [0.1, 0.15) is 17.7 Å². The van der Waals surface area contributed by atoms with Gasteiger partial charge in [0.2, 0.25) is 5.91 Å². The number of hydrogen-bond acceptors (Lipinski definition) is 8. The van der Waals surface area contributed by atoms with Crippen molar-refractivity contribution in [1.29, 1.82) is 0 Å². The lowest BCUT2D eigenvalue weighted by molar-refractivity contribution is -0.119. The number of phenolic OH excluding ortho intramolecular Hbond substituents is 1. The summed E-state index contributed by atoms with van der Waals surface area (Å²) in [7, 11) is 1.34. The van der Waals surface area contributed by atoms with Crippen molar-refractivity contribution >= 4 is 30.0 Å². The minimum atomic E-state index is -0.615. The van der Waals surface area contributed by atoms with E-state index in [1.54, 1.807) is 28.1 Å². The Morgan fingerprint density at radius 2 is 1.97 bits per heavy atom. The molecule has 3 amide bonds. The Morgan fingerprint density at radius 3 is 2.62 bits per heavy atom. The molecule has 2 heterocycles. The van der Waals surface area contributed by atoms with Crippen molar-refractivity contribution in [2.75, 3.05) is 51.3 Å². The third-order valence-corrected chi connectivity index (χ3v) is 6.11. The van der Waals surface area contributed by atoms with Crippen LogP contribution in [-0.4, -0.2) is 91.8 Å². The third kappa shape index (κ3) is 6.08. The summed E-state index contributed by atoms with van der Waals surface area (Å²) in [5.41, 5.74) is 1.50. The molecule has 1 atom stereocenters. The second kappa shape index (κ2) is 11.1. The van der Waals surface area contributed by atoms with E-state index in [1.165, 1.54) is 43.3 Å². The van der Waals surface area contributed by atoms with Gasteiger partial charge in [-0.05, 0) is 35.9 Å². The summed E-state index contributed by atoms with van der Waals surface area (Å²) in [6, 6.07) is 9.11. The standard InChI is InChI=1S/C25H28FN5O6/c1-16(32)27-14-20-15-31(25(35)37-20)19-5-6-21(22(26)12-19)17-3-4-18(23(33)11-17)13-28-30-9-7-29(8-10-30)24(34)36-2/h3-6,11-13,20,33H,7-10,14-15H2,1-2H3,(H,27,32)/b28-13+/t20-/m0/s1. The minimum absolute atomic E-state index is 0.0677. The zero-order valence-electron chi connectivity index (χ0n) is 20.5. The van der Waals surface area contributed by atoms with Crippen molar-refractivity contribution in [3.05, 3.63) is 47.8 Å². The highest BCUT2D eigenvalue weighted by Crippen LogP contribution is 2.31. The number of hydrazone groups is 1. The Hall–Kier alpha value is -4.35. The number of cyclic esters (lactones) is 1. The monoisotopic (exact) mass is 513 g/mol. The number of carbonyl (C=O) groups excluding carboxylic acids is 3. The average molecular weight is 514 g/mol. The molecule has 12 heteroatoms. The van der Waals surface area contributed by atoms with E-state index in [0.29, 0.717) is 43.0 Å². The van der Waals surface area contributed by atoms with Gasteiger partial charge >= 0.3 is 12.2 Å². The first-order valence-electron chi connectivity index (χ1n) is 11.7. The lowest BCUT2D eigenvalue weighted by atomic mass is 10.0. The molecule has 11 nitrogen and oxygen atoms in total. The van der Waals surface area contributed by atoms with Gasteiger partial charge in [-0.2, -0.15) is 5.10 Å². The summed E-state index contributed by atoms with van der Waals surface area (Å²) in [6.45, 7) is 3.75. The number of halogens is 1. The van der Waals surface area contributed by atoms with E-state index in [4.69, 9.17) is 9.47 Å². The molecular formula is C25H28FN5O6. The van der Waals surface area contributed by atoms with Crippen molar-refractivity contribution in [2.45, 2.75) is 13.0 Å². The fourth-order valence-corrected chi connectivity index (χ4v) is 4.09. The van der Waals surface area contributed by atoms with Crippen LogP contribution in [0.4, 0.5) is 19.7 Å². The van der Waals surface area contributed by atoms with E-state index in [0.717, 1.165) is 0 Å². The van der Waals surface area contributed by atoms with Gasteiger partial charge in [-0.3, -0.25) is 14.7 Å². The molecule has 4 rings (SSSR count).